The molecule has 0 amide bonds. The second-order valence-corrected chi connectivity index (χ2v) is 5.71. The van der Waals surface area contributed by atoms with E-state index in [0.29, 0.717) is 21.9 Å². The highest BCUT2D eigenvalue weighted by molar-refractivity contribution is 9.10. The van der Waals surface area contributed by atoms with Gasteiger partial charge in [-0.1, -0.05) is 33.6 Å². The maximum atomic E-state index is 13.6. The van der Waals surface area contributed by atoms with Gasteiger partial charge in [0.15, 0.2) is 0 Å². The van der Waals surface area contributed by atoms with Crippen molar-refractivity contribution in [2.24, 2.45) is 0 Å². The molecule has 2 aromatic rings. The van der Waals surface area contributed by atoms with E-state index in [0.717, 1.165) is 4.47 Å². The van der Waals surface area contributed by atoms with Crippen molar-refractivity contribution in [3.8, 4) is 5.75 Å². The second kappa shape index (κ2) is 6.57. The third-order valence-corrected chi connectivity index (χ3v) is 3.62. The Morgan fingerprint density at radius 1 is 1.30 bits per heavy atom. The van der Waals surface area contributed by atoms with Crippen molar-refractivity contribution < 1.29 is 14.2 Å². The summed E-state index contributed by atoms with van der Waals surface area (Å²) in [5.41, 5.74) is 1.14. The molecule has 0 aliphatic carbocycles. The van der Waals surface area contributed by atoms with E-state index in [2.05, 4.69) is 15.9 Å². The van der Waals surface area contributed by atoms with Gasteiger partial charge in [-0.3, -0.25) is 0 Å². The van der Waals surface area contributed by atoms with Gasteiger partial charge in [-0.25, -0.2) is 4.39 Å². The zero-order valence-corrected chi connectivity index (χ0v) is 13.1. The van der Waals surface area contributed by atoms with E-state index in [4.69, 9.17) is 16.3 Å². The van der Waals surface area contributed by atoms with Crippen LogP contribution in [0, 0.1) is 5.82 Å². The van der Waals surface area contributed by atoms with E-state index in [9.17, 15) is 9.50 Å². The van der Waals surface area contributed by atoms with Crippen molar-refractivity contribution in [1.29, 1.82) is 0 Å². The first-order valence-corrected chi connectivity index (χ1v) is 7.18. The van der Waals surface area contributed by atoms with Crippen molar-refractivity contribution in [3.05, 3.63) is 62.8 Å². The van der Waals surface area contributed by atoms with Gasteiger partial charge in [-0.05, 0) is 42.8 Å². The van der Waals surface area contributed by atoms with Gasteiger partial charge in [-0.2, -0.15) is 0 Å². The van der Waals surface area contributed by atoms with Crippen molar-refractivity contribution >= 4 is 27.5 Å². The molecular formula is C15H13BrClFO2. The lowest BCUT2D eigenvalue weighted by Gasteiger charge is -2.11. The maximum Gasteiger partial charge on any atom is 0.138 e. The van der Waals surface area contributed by atoms with Gasteiger partial charge in [0.25, 0.3) is 0 Å². The third kappa shape index (κ3) is 3.72. The second-order valence-electron chi connectivity index (χ2n) is 4.39. The third-order valence-electron chi connectivity index (χ3n) is 2.83. The minimum absolute atomic E-state index is 0.0824. The molecular weight excluding hydrogens is 347 g/mol. The lowest BCUT2D eigenvalue weighted by atomic mass is 10.1. The molecule has 2 nitrogen and oxygen atoms in total. The van der Waals surface area contributed by atoms with Gasteiger partial charge in [0.05, 0.1) is 11.1 Å². The molecule has 0 saturated heterocycles. The molecule has 2 rings (SSSR count). The van der Waals surface area contributed by atoms with Crippen molar-refractivity contribution in [3.63, 3.8) is 0 Å². The van der Waals surface area contributed by atoms with Crippen LogP contribution in [-0.4, -0.2) is 5.11 Å². The maximum absolute atomic E-state index is 13.6. The molecule has 0 saturated carbocycles. The van der Waals surface area contributed by atoms with Gasteiger partial charge >= 0.3 is 0 Å². The highest BCUT2D eigenvalue weighted by Crippen LogP contribution is 2.29. The van der Waals surface area contributed by atoms with Crippen LogP contribution in [0.3, 0.4) is 0 Å². The van der Waals surface area contributed by atoms with Crippen LogP contribution in [0.4, 0.5) is 4.39 Å². The van der Waals surface area contributed by atoms with E-state index in [-0.39, 0.29) is 12.4 Å². The number of benzene rings is 2. The molecule has 106 valence electrons. The van der Waals surface area contributed by atoms with Gasteiger partial charge in [0.2, 0.25) is 0 Å². The molecule has 1 atom stereocenters. The average Bonchev–Trinajstić information content (AvgIpc) is 2.40. The topological polar surface area (TPSA) is 29.5 Å². The number of halogens is 3. The number of aliphatic hydroxyl groups is 1. The molecule has 0 heterocycles. The Bertz CT molecular complexity index is 617. The Morgan fingerprint density at radius 2 is 2.05 bits per heavy atom. The fourth-order valence-electron chi connectivity index (χ4n) is 1.70. The number of rotatable bonds is 4. The smallest absolute Gasteiger partial charge is 0.138 e. The molecule has 2 aromatic carbocycles. The first-order chi connectivity index (χ1) is 9.47. The molecule has 0 unspecified atom stereocenters. The SMILES string of the molecule is C[C@H](O)c1ccc(OCc2cc(Br)ccc2F)c(Cl)c1. The largest absolute Gasteiger partial charge is 0.487 e. The number of hydrogen-bond donors (Lipinski definition) is 1. The summed E-state index contributed by atoms with van der Waals surface area (Å²) in [7, 11) is 0. The molecule has 5 heteroatoms. The zero-order chi connectivity index (χ0) is 14.7. The summed E-state index contributed by atoms with van der Waals surface area (Å²) in [5.74, 6) is 0.125. The summed E-state index contributed by atoms with van der Waals surface area (Å²) in [4.78, 5) is 0. The predicted molar refractivity (Wildman–Crippen MR) is 80.5 cm³/mol. The van der Waals surface area contributed by atoms with E-state index in [1.54, 1.807) is 37.3 Å². The van der Waals surface area contributed by atoms with Crippen LogP contribution in [-0.2, 0) is 6.61 Å². The molecule has 1 N–H and O–H groups in total. The summed E-state index contributed by atoms with van der Waals surface area (Å²) >= 11 is 9.36. The van der Waals surface area contributed by atoms with Gasteiger partial charge in [0, 0.05) is 10.0 Å². The summed E-state index contributed by atoms with van der Waals surface area (Å²) in [6, 6.07) is 9.69. The van der Waals surface area contributed by atoms with E-state index >= 15 is 0 Å². The highest BCUT2D eigenvalue weighted by Gasteiger charge is 2.08. The van der Waals surface area contributed by atoms with Crippen molar-refractivity contribution in [2.45, 2.75) is 19.6 Å². The Kier molecular flexibility index (Phi) is 5.02. The number of hydrogen-bond acceptors (Lipinski definition) is 2. The fraction of sp³-hybridized carbons (Fsp3) is 0.200. The van der Waals surface area contributed by atoms with Crippen LogP contribution in [0.15, 0.2) is 40.9 Å². The first-order valence-electron chi connectivity index (χ1n) is 6.01. The molecule has 0 bridgehead atoms. The number of ether oxygens (including phenoxy) is 1. The van der Waals surface area contributed by atoms with Crippen LogP contribution in [0.2, 0.25) is 5.02 Å². The average molecular weight is 360 g/mol. The minimum atomic E-state index is -0.593. The Balaban J connectivity index is 2.13. The van der Waals surface area contributed by atoms with Gasteiger partial charge < -0.3 is 9.84 Å². The molecule has 20 heavy (non-hydrogen) atoms. The van der Waals surface area contributed by atoms with Crippen molar-refractivity contribution in [2.75, 3.05) is 0 Å². The normalized spacial score (nSPS) is 12.2. The van der Waals surface area contributed by atoms with Crippen LogP contribution < -0.4 is 4.74 Å². The Labute approximate surface area is 130 Å². The predicted octanol–water partition coefficient (Wildman–Crippen LogP) is 4.87. The van der Waals surface area contributed by atoms with E-state index < -0.39 is 6.10 Å². The summed E-state index contributed by atoms with van der Waals surface area (Å²) in [6.45, 7) is 1.74. The van der Waals surface area contributed by atoms with Crippen LogP contribution in [0.5, 0.6) is 5.75 Å². The summed E-state index contributed by atoms with van der Waals surface area (Å²) < 4.78 is 19.9. The quantitative estimate of drug-likeness (QED) is 0.843. The van der Waals surface area contributed by atoms with Crippen LogP contribution >= 0.6 is 27.5 Å². The Hall–Kier alpha value is -1.10. The van der Waals surface area contributed by atoms with Crippen LogP contribution in [0.1, 0.15) is 24.2 Å². The zero-order valence-electron chi connectivity index (χ0n) is 10.7. The monoisotopic (exact) mass is 358 g/mol. The number of aliphatic hydroxyl groups excluding tert-OH is 1. The first kappa shape index (κ1) is 15.3. The van der Waals surface area contributed by atoms with E-state index in [1.165, 1.54) is 6.07 Å². The molecule has 0 radical (unpaired) electrons. The van der Waals surface area contributed by atoms with Crippen LogP contribution in [0.25, 0.3) is 0 Å². The lowest BCUT2D eigenvalue weighted by molar-refractivity contribution is 0.199. The van der Waals surface area contributed by atoms with Gasteiger partial charge in [-0.15, -0.1) is 0 Å². The highest BCUT2D eigenvalue weighted by atomic mass is 79.9. The van der Waals surface area contributed by atoms with Gasteiger partial charge in [0.1, 0.15) is 18.2 Å². The standard InChI is InChI=1S/C15H13BrClFO2/c1-9(19)10-2-5-15(13(17)7-10)20-8-11-6-12(16)3-4-14(11)18/h2-7,9,19H,8H2,1H3/t9-/m0/s1. The fourth-order valence-corrected chi connectivity index (χ4v) is 2.36. The summed E-state index contributed by atoms with van der Waals surface area (Å²) in [6.07, 6.45) is -0.593. The molecule has 0 fully saturated rings. The molecule has 0 aliphatic heterocycles. The Morgan fingerprint density at radius 3 is 2.70 bits per heavy atom. The molecule has 0 aromatic heterocycles. The van der Waals surface area contributed by atoms with Crippen molar-refractivity contribution in [1.82, 2.24) is 0 Å². The summed E-state index contributed by atoms with van der Waals surface area (Å²) in [5, 5.41) is 9.85. The molecule has 0 aliphatic rings. The van der Waals surface area contributed by atoms with E-state index in [1.807, 2.05) is 0 Å². The minimum Gasteiger partial charge on any atom is -0.487 e. The lowest BCUT2D eigenvalue weighted by Crippen LogP contribution is -2.00. The molecule has 0 spiro atoms.